The number of nitrogens with one attached hydrogen (secondary N) is 1. The van der Waals surface area contributed by atoms with Crippen LogP contribution >= 0.6 is 0 Å². The Kier molecular flexibility index (Phi) is 4.30. The first kappa shape index (κ1) is 14.0. The fourth-order valence-corrected chi connectivity index (χ4v) is 1.21. The number of alkyl halides is 3. The Balaban J connectivity index is 2.79. The Bertz CT molecular complexity index is 429. The first-order valence-corrected chi connectivity index (χ1v) is 4.98. The maximum Gasteiger partial charge on any atom is 0.417 e. The standard InChI is InChI=1S/C11H11F3N2O2/c1-2-3-8(10(17)18)16-9-5-4-7(6-15-9)11(12,13)14/h2,4-6,8H,1,3H2,(H,15,16)(H,17,18). The molecule has 1 heterocycles. The summed E-state index contributed by atoms with van der Waals surface area (Å²) < 4.78 is 36.8. The highest BCUT2D eigenvalue weighted by Crippen LogP contribution is 2.28. The van der Waals surface area contributed by atoms with E-state index in [2.05, 4.69) is 16.9 Å². The van der Waals surface area contributed by atoms with E-state index in [1.54, 1.807) is 0 Å². The van der Waals surface area contributed by atoms with Gasteiger partial charge in [0.2, 0.25) is 0 Å². The number of carboxylic acids is 1. The molecule has 1 aromatic heterocycles. The van der Waals surface area contributed by atoms with Crippen molar-refractivity contribution in [1.82, 2.24) is 4.98 Å². The number of pyridine rings is 1. The molecule has 0 fully saturated rings. The molecule has 0 aliphatic rings. The number of anilines is 1. The van der Waals surface area contributed by atoms with Gasteiger partial charge in [-0.25, -0.2) is 9.78 Å². The molecular formula is C11H11F3N2O2. The van der Waals surface area contributed by atoms with Gasteiger partial charge in [-0.2, -0.15) is 13.2 Å². The highest BCUT2D eigenvalue weighted by molar-refractivity contribution is 5.77. The second-order valence-electron chi connectivity index (χ2n) is 3.49. The van der Waals surface area contributed by atoms with Crippen LogP contribution in [0, 0.1) is 0 Å². The first-order chi connectivity index (χ1) is 8.34. The van der Waals surface area contributed by atoms with Crippen molar-refractivity contribution < 1.29 is 23.1 Å². The van der Waals surface area contributed by atoms with Crippen LogP contribution in [-0.4, -0.2) is 22.1 Å². The van der Waals surface area contributed by atoms with Gasteiger partial charge in [0.05, 0.1) is 5.56 Å². The minimum Gasteiger partial charge on any atom is -0.480 e. The number of nitrogens with zero attached hydrogens (tertiary/aromatic N) is 1. The van der Waals surface area contributed by atoms with Crippen LogP contribution in [-0.2, 0) is 11.0 Å². The number of aliphatic carboxylic acids is 1. The average molecular weight is 260 g/mol. The van der Waals surface area contributed by atoms with Crippen molar-refractivity contribution in [2.75, 3.05) is 5.32 Å². The van der Waals surface area contributed by atoms with Gasteiger partial charge in [-0.3, -0.25) is 0 Å². The second-order valence-corrected chi connectivity index (χ2v) is 3.49. The molecule has 0 aliphatic heterocycles. The van der Waals surface area contributed by atoms with Crippen LogP contribution in [0.2, 0.25) is 0 Å². The van der Waals surface area contributed by atoms with Crippen molar-refractivity contribution in [2.45, 2.75) is 18.6 Å². The third kappa shape index (κ3) is 3.76. The third-order valence-electron chi connectivity index (χ3n) is 2.11. The van der Waals surface area contributed by atoms with Crippen molar-refractivity contribution >= 4 is 11.8 Å². The largest absolute Gasteiger partial charge is 0.480 e. The number of aromatic nitrogens is 1. The fraction of sp³-hybridized carbons (Fsp3) is 0.273. The summed E-state index contributed by atoms with van der Waals surface area (Å²) in [6, 6.07) is 0.955. The Hall–Kier alpha value is -2.05. The van der Waals surface area contributed by atoms with Crippen LogP contribution in [0.5, 0.6) is 0 Å². The molecular weight excluding hydrogens is 249 g/mol. The fourth-order valence-electron chi connectivity index (χ4n) is 1.21. The summed E-state index contributed by atoms with van der Waals surface area (Å²) in [6.07, 6.45) is -2.28. The number of halogens is 3. The number of carboxylic acid groups (broad SMARTS) is 1. The minimum absolute atomic E-state index is 0.0669. The molecule has 1 aromatic rings. The highest BCUT2D eigenvalue weighted by atomic mass is 19.4. The van der Waals surface area contributed by atoms with Gasteiger partial charge in [0.1, 0.15) is 11.9 Å². The molecule has 1 rings (SSSR count). The van der Waals surface area contributed by atoms with Crippen LogP contribution in [0.4, 0.5) is 19.0 Å². The number of carbonyl (C=O) groups is 1. The van der Waals surface area contributed by atoms with Gasteiger partial charge in [0.15, 0.2) is 0 Å². The topological polar surface area (TPSA) is 62.2 Å². The zero-order valence-electron chi connectivity index (χ0n) is 9.24. The Labute approximate surface area is 101 Å². The molecule has 1 atom stereocenters. The SMILES string of the molecule is C=CCC(Nc1ccc(C(F)(F)F)cn1)C(=O)O. The maximum atomic E-state index is 12.3. The average Bonchev–Trinajstić information content (AvgIpc) is 2.28. The highest BCUT2D eigenvalue weighted by Gasteiger charge is 2.30. The first-order valence-electron chi connectivity index (χ1n) is 4.98. The Morgan fingerprint density at radius 1 is 1.56 bits per heavy atom. The molecule has 0 amide bonds. The number of hydrogen-bond donors (Lipinski definition) is 2. The molecule has 98 valence electrons. The number of rotatable bonds is 5. The maximum absolute atomic E-state index is 12.3. The van der Waals surface area contributed by atoms with E-state index < -0.39 is 23.8 Å². The molecule has 0 saturated carbocycles. The molecule has 0 aliphatic carbocycles. The van der Waals surface area contributed by atoms with Gasteiger partial charge < -0.3 is 10.4 Å². The summed E-state index contributed by atoms with van der Waals surface area (Å²) in [4.78, 5) is 14.3. The molecule has 18 heavy (non-hydrogen) atoms. The lowest BCUT2D eigenvalue weighted by atomic mass is 10.2. The zero-order valence-corrected chi connectivity index (χ0v) is 9.24. The smallest absolute Gasteiger partial charge is 0.417 e. The van der Waals surface area contributed by atoms with E-state index in [0.29, 0.717) is 6.20 Å². The van der Waals surface area contributed by atoms with E-state index in [0.717, 1.165) is 12.1 Å². The molecule has 0 radical (unpaired) electrons. The van der Waals surface area contributed by atoms with E-state index in [4.69, 9.17) is 5.11 Å². The Morgan fingerprint density at radius 2 is 2.22 bits per heavy atom. The summed E-state index contributed by atoms with van der Waals surface area (Å²) in [6.45, 7) is 3.40. The van der Waals surface area contributed by atoms with Crippen molar-refractivity contribution in [3.8, 4) is 0 Å². The van der Waals surface area contributed by atoms with E-state index in [9.17, 15) is 18.0 Å². The zero-order chi connectivity index (χ0) is 13.8. The van der Waals surface area contributed by atoms with Gasteiger partial charge >= 0.3 is 12.1 Å². The molecule has 0 bridgehead atoms. The van der Waals surface area contributed by atoms with E-state index in [1.807, 2.05) is 0 Å². The lowest BCUT2D eigenvalue weighted by Crippen LogP contribution is -2.29. The van der Waals surface area contributed by atoms with Gasteiger partial charge in [-0.05, 0) is 18.6 Å². The Morgan fingerprint density at radius 3 is 2.61 bits per heavy atom. The van der Waals surface area contributed by atoms with Crippen LogP contribution in [0.15, 0.2) is 31.0 Å². The van der Waals surface area contributed by atoms with Crippen molar-refractivity contribution in [2.24, 2.45) is 0 Å². The van der Waals surface area contributed by atoms with E-state index in [1.165, 1.54) is 6.08 Å². The van der Waals surface area contributed by atoms with Crippen LogP contribution in [0.25, 0.3) is 0 Å². The molecule has 2 N–H and O–H groups in total. The second kappa shape index (κ2) is 5.52. The quantitative estimate of drug-likeness (QED) is 0.798. The van der Waals surface area contributed by atoms with Gasteiger partial charge in [-0.15, -0.1) is 6.58 Å². The van der Waals surface area contributed by atoms with Gasteiger partial charge in [0, 0.05) is 6.20 Å². The lowest BCUT2D eigenvalue weighted by molar-refractivity contribution is -0.138. The minimum atomic E-state index is -4.46. The lowest BCUT2D eigenvalue weighted by Gasteiger charge is -2.13. The summed E-state index contributed by atoms with van der Waals surface area (Å²) in [5.74, 6) is -1.06. The molecule has 4 nitrogen and oxygen atoms in total. The van der Waals surface area contributed by atoms with Crippen molar-refractivity contribution in [1.29, 1.82) is 0 Å². The number of hydrogen-bond acceptors (Lipinski definition) is 3. The predicted molar refractivity (Wildman–Crippen MR) is 59.1 cm³/mol. The molecule has 1 unspecified atom stereocenters. The van der Waals surface area contributed by atoms with Gasteiger partial charge in [0.25, 0.3) is 0 Å². The predicted octanol–water partition coefficient (Wildman–Crippen LogP) is 2.54. The van der Waals surface area contributed by atoms with Crippen LogP contribution < -0.4 is 5.32 Å². The third-order valence-corrected chi connectivity index (χ3v) is 2.11. The van der Waals surface area contributed by atoms with Gasteiger partial charge in [-0.1, -0.05) is 6.08 Å². The molecule has 0 saturated heterocycles. The normalized spacial score (nSPS) is 12.8. The monoisotopic (exact) mass is 260 g/mol. The molecule has 7 heteroatoms. The van der Waals surface area contributed by atoms with Crippen molar-refractivity contribution in [3.63, 3.8) is 0 Å². The summed E-state index contributed by atoms with van der Waals surface area (Å²) in [7, 11) is 0. The summed E-state index contributed by atoms with van der Waals surface area (Å²) in [5, 5.41) is 11.3. The van der Waals surface area contributed by atoms with Crippen LogP contribution in [0.3, 0.4) is 0 Å². The molecule has 0 spiro atoms. The van der Waals surface area contributed by atoms with E-state index >= 15 is 0 Å². The van der Waals surface area contributed by atoms with Crippen molar-refractivity contribution in [3.05, 3.63) is 36.5 Å². The summed E-state index contributed by atoms with van der Waals surface area (Å²) in [5.41, 5.74) is -0.886. The van der Waals surface area contributed by atoms with E-state index in [-0.39, 0.29) is 12.2 Å². The van der Waals surface area contributed by atoms with Crippen LogP contribution in [0.1, 0.15) is 12.0 Å². The summed E-state index contributed by atoms with van der Waals surface area (Å²) >= 11 is 0. The molecule has 0 aromatic carbocycles.